The number of alkyl halides is 3. The van der Waals surface area contributed by atoms with Gasteiger partial charge in [0.25, 0.3) is 0 Å². The van der Waals surface area contributed by atoms with Crippen LogP contribution in [0, 0.1) is 5.41 Å². The lowest BCUT2D eigenvalue weighted by Gasteiger charge is -2.70. The van der Waals surface area contributed by atoms with Crippen LogP contribution in [0.5, 0.6) is 0 Å². The third kappa shape index (κ3) is 0.701. The molecule has 0 radical (unpaired) electrons. The van der Waals surface area contributed by atoms with Gasteiger partial charge >= 0.3 is 13.3 Å². The first-order chi connectivity index (χ1) is 5.31. The highest BCUT2D eigenvalue weighted by Crippen LogP contribution is 2.83. The minimum Gasteiger partial charge on any atom is -0.427 e. The maximum Gasteiger partial charge on any atom is 0.458 e. The molecule has 0 unspecified atom stereocenters. The molecular formula is C6H8BF3O2. The van der Waals surface area contributed by atoms with E-state index < -0.39 is 24.0 Å². The standard InChI is InChI=1S/C6H8BF3O2/c8-6(9,10)4-1-5(2-4,3-4)7(11)12/h11-12H,1-3H2. The Morgan fingerprint density at radius 3 is 1.75 bits per heavy atom. The molecule has 3 aliphatic rings. The maximum absolute atomic E-state index is 12.2. The second kappa shape index (κ2) is 1.82. The summed E-state index contributed by atoms with van der Waals surface area (Å²) in [5, 5.41) is 16.7. The van der Waals surface area contributed by atoms with Crippen molar-refractivity contribution in [3.05, 3.63) is 0 Å². The van der Waals surface area contributed by atoms with Gasteiger partial charge in [0.05, 0.1) is 5.41 Å². The summed E-state index contributed by atoms with van der Waals surface area (Å²) in [4.78, 5) is 0. The summed E-state index contributed by atoms with van der Waals surface area (Å²) < 4.78 is 36.6. The van der Waals surface area contributed by atoms with Crippen molar-refractivity contribution in [1.29, 1.82) is 0 Å². The van der Waals surface area contributed by atoms with E-state index in [1.165, 1.54) is 0 Å². The second-order valence-corrected chi connectivity index (χ2v) is 4.04. The van der Waals surface area contributed by atoms with Gasteiger partial charge in [0.2, 0.25) is 0 Å². The molecule has 0 amide bonds. The summed E-state index contributed by atoms with van der Waals surface area (Å²) in [6.45, 7) is 0. The van der Waals surface area contributed by atoms with Gasteiger partial charge in [-0.05, 0) is 19.3 Å². The van der Waals surface area contributed by atoms with E-state index in [1.54, 1.807) is 0 Å². The molecule has 3 fully saturated rings. The van der Waals surface area contributed by atoms with Gasteiger partial charge in [-0.25, -0.2) is 0 Å². The molecule has 12 heavy (non-hydrogen) atoms. The van der Waals surface area contributed by atoms with Crippen LogP contribution in [-0.4, -0.2) is 23.3 Å². The Hall–Kier alpha value is -0.225. The van der Waals surface area contributed by atoms with Gasteiger partial charge in [0, 0.05) is 5.31 Å². The SMILES string of the molecule is OB(O)C12CC(C(F)(F)F)(C1)C2. The van der Waals surface area contributed by atoms with Crippen LogP contribution in [0.3, 0.4) is 0 Å². The van der Waals surface area contributed by atoms with Crippen molar-refractivity contribution in [2.24, 2.45) is 5.41 Å². The van der Waals surface area contributed by atoms with Crippen molar-refractivity contribution in [2.75, 3.05) is 0 Å². The first-order valence-corrected chi connectivity index (χ1v) is 3.74. The fraction of sp³-hybridized carbons (Fsp3) is 1.00. The predicted molar refractivity (Wildman–Crippen MR) is 35.2 cm³/mol. The lowest BCUT2D eigenvalue weighted by molar-refractivity contribution is -0.322. The van der Waals surface area contributed by atoms with Crippen LogP contribution in [0.4, 0.5) is 13.2 Å². The Kier molecular flexibility index (Phi) is 1.27. The molecule has 3 aliphatic carbocycles. The fourth-order valence-electron chi connectivity index (χ4n) is 2.44. The second-order valence-electron chi connectivity index (χ2n) is 4.04. The van der Waals surface area contributed by atoms with E-state index in [2.05, 4.69) is 0 Å². The van der Waals surface area contributed by atoms with Crippen LogP contribution in [0.15, 0.2) is 0 Å². The highest BCUT2D eigenvalue weighted by molar-refractivity contribution is 6.46. The lowest BCUT2D eigenvalue weighted by atomic mass is 9.24. The number of rotatable bonds is 1. The molecule has 0 heterocycles. The molecule has 0 spiro atoms. The molecule has 0 aromatic rings. The quantitative estimate of drug-likeness (QED) is 0.589. The smallest absolute Gasteiger partial charge is 0.427 e. The Morgan fingerprint density at radius 1 is 1.08 bits per heavy atom. The molecular weight excluding hydrogens is 172 g/mol. The number of halogens is 3. The molecule has 0 atom stereocenters. The van der Waals surface area contributed by atoms with Crippen LogP contribution in [-0.2, 0) is 0 Å². The van der Waals surface area contributed by atoms with Crippen LogP contribution in [0.25, 0.3) is 0 Å². The van der Waals surface area contributed by atoms with Crippen molar-refractivity contribution in [2.45, 2.75) is 30.8 Å². The zero-order valence-corrected chi connectivity index (χ0v) is 6.23. The van der Waals surface area contributed by atoms with Crippen molar-refractivity contribution < 1.29 is 23.2 Å². The molecule has 3 rings (SSSR count). The molecule has 2 N–H and O–H groups in total. The summed E-state index contributed by atoms with van der Waals surface area (Å²) in [5.74, 6) is 0. The minimum atomic E-state index is -4.16. The van der Waals surface area contributed by atoms with Gasteiger partial charge in [0.15, 0.2) is 0 Å². The van der Waals surface area contributed by atoms with Gasteiger partial charge in [-0.2, -0.15) is 13.2 Å². The van der Waals surface area contributed by atoms with E-state index in [0.29, 0.717) is 0 Å². The van der Waals surface area contributed by atoms with E-state index in [1.807, 2.05) is 0 Å². The molecule has 0 aromatic carbocycles. The predicted octanol–water partition coefficient (Wildman–Crippen LogP) is 0.946. The highest BCUT2D eigenvalue weighted by atomic mass is 19.4. The van der Waals surface area contributed by atoms with E-state index in [-0.39, 0.29) is 19.3 Å². The van der Waals surface area contributed by atoms with Gasteiger partial charge in [0.1, 0.15) is 0 Å². The number of hydrogen-bond donors (Lipinski definition) is 2. The van der Waals surface area contributed by atoms with E-state index in [0.717, 1.165) is 0 Å². The van der Waals surface area contributed by atoms with Gasteiger partial charge in [-0.1, -0.05) is 0 Å². The summed E-state index contributed by atoms with van der Waals surface area (Å²) in [6, 6.07) is 0. The van der Waals surface area contributed by atoms with Crippen molar-refractivity contribution in [1.82, 2.24) is 0 Å². The third-order valence-corrected chi connectivity index (χ3v) is 3.22. The van der Waals surface area contributed by atoms with Crippen molar-refractivity contribution in [3.63, 3.8) is 0 Å². The molecule has 3 saturated carbocycles. The van der Waals surface area contributed by atoms with Gasteiger partial charge in [-0.15, -0.1) is 0 Å². The summed E-state index contributed by atoms with van der Waals surface area (Å²) >= 11 is 0. The molecule has 68 valence electrons. The van der Waals surface area contributed by atoms with Crippen LogP contribution < -0.4 is 0 Å². The van der Waals surface area contributed by atoms with Gasteiger partial charge in [-0.3, -0.25) is 0 Å². The fourth-order valence-corrected chi connectivity index (χ4v) is 2.44. The van der Waals surface area contributed by atoms with Crippen LogP contribution >= 0.6 is 0 Å². The average molecular weight is 180 g/mol. The molecule has 0 aliphatic heterocycles. The van der Waals surface area contributed by atoms with E-state index >= 15 is 0 Å². The third-order valence-electron chi connectivity index (χ3n) is 3.22. The Balaban J connectivity index is 2.05. The maximum atomic E-state index is 12.2. The topological polar surface area (TPSA) is 40.5 Å². The Bertz CT molecular complexity index is 206. The van der Waals surface area contributed by atoms with Crippen molar-refractivity contribution >= 4 is 7.12 Å². The summed E-state index contributed by atoms with van der Waals surface area (Å²) in [6.07, 6.45) is -4.49. The number of hydrogen-bond acceptors (Lipinski definition) is 2. The average Bonchev–Trinajstić information content (AvgIpc) is 1.46. The Labute approximate surface area is 67.5 Å². The monoisotopic (exact) mass is 180 g/mol. The summed E-state index contributed by atoms with van der Waals surface area (Å²) in [5.41, 5.74) is -1.57. The minimum absolute atomic E-state index is 0.110. The normalized spacial score (nSPS) is 44.8. The summed E-state index contributed by atoms with van der Waals surface area (Å²) in [7, 11) is -1.58. The highest BCUT2D eigenvalue weighted by Gasteiger charge is 2.81. The van der Waals surface area contributed by atoms with Crippen LogP contribution in [0.2, 0.25) is 5.31 Å². The van der Waals surface area contributed by atoms with Crippen LogP contribution in [0.1, 0.15) is 19.3 Å². The Morgan fingerprint density at radius 2 is 1.50 bits per heavy atom. The van der Waals surface area contributed by atoms with Gasteiger partial charge < -0.3 is 10.0 Å². The van der Waals surface area contributed by atoms with E-state index in [4.69, 9.17) is 10.0 Å². The van der Waals surface area contributed by atoms with E-state index in [9.17, 15) is 13.2 Å². The zero-order valence-electron chi connectivity index (χ0n) is 6.23. The lowest BCUT2D eigenvalue weighted by Crippen LogP contribution is -2.68. The molecule has 2 bridgehead atoms. The molecule has 0 aromatic heterocycles. The molecule has 6 heteroatoms. The zero-order chi connectivity index (χ0) is 9.20. The molecule has 0 saturated heterocycles. The van der Waals surface area contributed by atoms with Crippen molar-refractivity contribution in [3.8, 4) is 0 Å². The first-order valence-electron chi connectivity index (χ1n) is 3.74. The first kappa shape index (κ1) is 8.38. The largest absolute Gasteiger partial charge is 0.458 e. The molecule has 2 nitrogen and oxygen atoms in total.